The highest BCUT2D eigenvalue weighted by Crippen LogP contribution is 2.28. The Morgan fingerprint density at radius 2 is 2.00 bits per heavy atom. The van der Waals surface area contributed by atoms with Gasteiger partial charge in [0.05, 0.1) is 7.11 Å². The Bertz CT molecular complexity index is 366. The summed E-state index contributed by atoms with van der Waals surface area (Å²) in [5, 5.41) is 3.39. The average molecular weight is 267 g/mol. The Labute approximate surface area is 116 Å². The zero-order valence-electron chi connectivity index (χ0n) is 12.1. The van der Waals surface area contributed by atoms with E-state index < -0.39 is 0 Å². The number of nitrogens with one attached hydrogen (secondary N) is 1. The highest BCUT2D eigenvalue weighted by atomic mass is 32.2. The maximum absolute atomic E-state index is 5.46. The summed E-state index contributed by atoms with van der Waals surface area (Å²) in [5.74, 6) is 4.00. The number of rotatable bonds is 7. The molecule has 0 saturated heterocycles. The molecule has 0 amide bonds. The zero-order chi connectivity index (χ0) is 13.5. The number of hydrogen-bond acceptors (Lipinski definition) is 3. The Kier molecular flexibility index (Phi) is 6.58. The van der Waals surface area contributed by atoms with Crippen molar-refractivity contribution in [3.05, 3.63) is 29.3 Å². The highest BCUT2D eigenvalue weighted by molar-refractivity contribution is 7.99. The van der Waals surface area contributed by atoms with Crippen LogP contribution in [-0.4, -0.2) is 25.7 Å². The molecule has 1 N–H and O–H groups in total. The van der Waals surface area contributed by atoms with Crippen LogP contribution in [0.5, 0.6) is 5.75 Å². The molecule has 0 aromatic heterocycles. The van der Waals surface area contributed by atoms with Gasteiger partial charge in [-0.05, 0) is 31.7 Å². The standard InChI is InChI=1S/C15H25NOS/c1-11(2)9-18-10-14(16-4)13-8-12(3)6-7-15(13)17-5/h6-8,11,14,16H,9-10H2,1-5H3. The van der Waals surface area contributed by atoms with Gasteiger partial charge in [-0.15, -0.1) is 0 Å². The van der Waals surface area contributed by atoms with Crippen LogP contribution in [0.15, 0.2) is 18.2 Å². The predicted octanol–water partition coefficient (Wildman–Crippen LogP) is 3.65. The van der Waals surface area contributed by atoms with Crippen LogP contribution < -0.4 is 10.1 Å². The molecule has 0 spiro atoms. The fourth-order valence-electron chi connectivity index (χ4n) is 1.88. The van der Waals surface area contributed by atoms with Gasteiger partial charge in [0.15, 0.2) is 0 Å². The third kappa shape index (κ3) is 4.54. The van der Waals surface area contributed by atoms with E-state index in [0.717, 1.165) is 17.4 Å². The van der Waals surface area contributed by atoms with E-state index in [-0.39, 0.29) is 0 Å². The molecule has 102 valence electrons. The topological polar surface area (TPSA) is 21.3 Å². The van der Waals surface area contributed by atoms with Crippen molar-refractivity contribution in [1.82, 2.24) is 5.32 Å². The third-order valence-corrected chi connectivity index (χ3v) is 4.32. The van der Waals surface area contributed by atoms with E-state index in [1.165, 1.54) is 16.9 Å². The summed E-state index contributed by atoms with van der Waals surface area (Å²) in [6.07, 6.45) is 0. The maximum atomic E-state index is 5.46. The van der Waals surface area contributed by atoms with E-state index in [1.807, 2.05) is 18.8 Å². The Hall–Kier alpha value is -0.670. The fraction of sp³-hybridized carbons (Fsp3) is 0.600. The molecule has 0 saturated carbocycles. The van der Waals surface area contributed by atoms with Crippen LogP contribution in [0.25, 0.3) is 0 Å². The van der Waals surface area contributed by atoms with Crippen molar-refractivity contribution in [3.63, 3.8) is 0 Å². The van der Waals surface area contributed by atoms with Crippen LogP contribution in [0, 0.1) is 12.8 Å². The largest absolute Gasteiger partial charge is 0.496 e. The Morgan fingerprint density at radius 1 is 1.28 bits per heavy atom. The van der Waals surface area contributed by atoms with E-state index >= 15 is 0 Å². The van der Waals surface area contributed by atoms with Gasteiger partial charge >= 0.3 is 0 Å². The first kappa shape index (κ1) is 15.4. The van der Waals surface area contributed by atoms with Gasteiger partial charge in [0.25, 0.3) is 0 Å². The molecule has 0 radical (unpaired) electrons. The van der Waals surface area contributed by atoms with E-state index in [9.17, 15) is 0 Å². The first-order chi connectivity index (χ1) is 8.58. The molecule has 1 rings (SSSR count). The third-order valence-electron chi connectivity index (χ3n) is 2.84. The molecule has 0 heterocycles. The molecule has 1 unspecified atom stereocenters. The van der Waals surface area contributed by atoms with Crippen LogP contribution >= 0.6 is 11.8 Å². The van der Waals surface area contributed by atoms with E-state index in [4.69, 9.17) is 4.74 Å². The number of aryl methyl sites for hydroxylation is 1. The molecule has 0 aliphatic heterocycles. The van der Waals surface area contributed by atoms with Gasteiger partial charge in [0.1, 0.15) is 5.75 Å². The molecule has 0 bridgehead atoms. The van der Waals surface area contributed by atoms with Gasteiger partial charge in [-0.2, -0.15) is 11.8 Å². The second kappa shape index (κ2) is 7.70. The fourth-order valence-corrected chi connectivity index (χ4v) is 3.07. The van der Waals surface area contributed by atoms with Crippen LogP contribution in [0.3, 0.4) is 0 Å². The second-order valence-corrected chi connectivity index (χ2v) is 6.09. The molecule has 1 aromatic carbocycles. The van der Waals surface area contributed by atoms with Crippen molar-refractivity contribution in [2.75, 3.05) is 25.7 Å². The summed E-state index contributed by atoms with van der Waals surface area (Å²) in [7, 11) is 3.75. The SMILES string of the molecule is CNC(CSCC(C)C)c1cc(C)ccc1OC. The molecule has 18 heavy (non-hydrogen) atoms. The van der Waals surface area contributed by atoms with E-state index in [0.29, 0.717) is 6.04 Å². The van der Waals surface area contributed by atoms with Crippen molar-refractivity contribution in [1.29, 1.82) is 0 Å². The molecule has 0 aliphatic carbocycles. The van der Waals surface area contributed by atoms with Gasteiger partial charge in [0, 0.05) is 17.4 Å². The molecule has 1 atom stereocenters. The van der Waals surface area contributed by atoms with Crippen LogP contribution in [0.1, 0.15) is 31.0 Å². The second-order valence-electron chi connectivity index (χ2n) is 5.02. The van der Waals surface area contributed by atoms with Crippen molar-refractivity contribution in [2.45, 2.75) is 26.8 Å². The molecular weight excluding hydrogens is 242 g/mol. The van der Waals surface area contributed by atoms with Gasteiger partial charge in [-0.1, -0.05) is 31.5 Å². The molecular formula is C15H25NOS. The first-order valence-electron chi connectivity index (χ1n) is 6.48. The van der Waals surface area contributed by atoms with E-state index in [2.05, 4.69) is 44.3 Å². The first-order valence-corrected chi connectivity index (χ1v) is 7.63. The van der Waals surface area contributed by atoms with Crippen molar-refractivity contribution >= 4 is 11.8 Å². The van der Waals surface area contributed by atoms with Gasteiger partial charge < -0.3 is 10.1 Å². The summed E-state index contributed by atoms with van der Waals surface area (Å²) in [6.45, 7) is 6.64. The van der Waals surface area contributed by atoms with Crippen LogP contribution in [0.4, 0.5) is 0 Å². The zero-order valence-corrected chi connectivity index (χ0v) is 12.9. The Morgan fingerprint density at radius 3 is 2.56 bits per heavy atom. The number of thioether (sulfide) groups is 1. The summed E-state index contributed by atoms with van der Waals surface area (Å²) in [6, 6.07) is 6.72. The summed E-state index contributed by atoms with van der Waals surface area (Å²) < 4.78 is 5.46. The number of methoxy groups -OCH3 is 1. The number of ether oxygens (including phenoxy) is 1. The van der Waals surface area contributed by atoms with Crippen LogP contribution in [0.2, 0.25) is 0 Å². The minimum absolute atomic E-state index is 0.351. The molecule has 0 fully saturated rings. The summed E-state index contributed by atoms with van der Waals surface area (Å²) in [5.41, 5.74) is 2.54. The predicted molar refractivity (Wildman–Crippen MR) is 81.7 cm³/mol. The highest BCUT2D eigenvalue weighted by Gasteiger charge is 2.14. The van der Waals surface area contributed by atoms with Crippen molar-refractivity contribution in [3.8, 4) is 5.75 Å². The smallest absolute Gasteiger partial charge is 0.123 e. The summed E-state index contributed by atoms with van der Waals surface area (Å²) >= 11 is 2.00. The lowest BCUT2D eigenvalue weighted by Crippen LogP contribution is -2.20. The monoisotopic (exact) mass is 267 g/mol. The van der Waals surface area contributed by atoms with Crippen molar-refractivity contribution < 1.29 is 4.74 Å². The number of hydrogen-bond donors (Lipinski definition) is 1. The number of benzene rings is 1. The lowest BCUT2D eigenvalue weighted by molar-refractivity contribution is 0.404. The van der Waals surface area contributed by atoms with Gasteiger partial charge in [0.2, 0.25) is 0 Å². The normalized spacial score (nSPS) is 12.8. The quantitative estimate of drug-likeness (QED) is 0.815. The molecule has 2 nitrogen and oxygen atoms in total. The van der Waals surface area contributed by atoms with Gasteiger partial charge in [-0.25, -0.2) is 0 Å². The molecule has 3 heteroatoms. The van der Waals surface area contributed by atoms with Gasteiger partial charge in [-0.3, -0.25) is 0 Å². The Balaban J connectivity index is 2.77. The van der Waals surface area contributed by atoms with Crippen molar-refractivity contribution in [2.24, 2.45) is 5.92 Å². The molecule has 0 aliphatic rings. The minimum Gasteiger partial charge on any atom is -0.496 e. The minimum atomic E-state index is 0.351. The lowest BCUT2D eigenvalue weighted by atomic mass is 10.0. The maximum Gasteiger partial charge on any atom is 0.123 e. The molecule has 1 aromatic rings. The lowest BCUT2D eigenvalue weighted by Gasteiger charge is -2.20. The van der Waals surface area contributed by atoms with E-state index in [1.54, 1.807) is 7.11 Å². The average Bonchev–Trinajstić information content (AvgIpc) is 2.34. The van der Waals surface area contributed by atoms with Crippen LogP contribution in [-0.2, 0) is 0 Å². The summed E-state index contributed by atoms with van der Waals surface area (Å²) in [4.78, 5) is 0.